The number of aliphatic hydroxyl groups is 2. The van der Waals surface area contributed by atoms with E-state index in [0.717, 1.165) is 36.8 Å². The number of furan rings is 2. The highest BCUT2D eigenvalue weighted by atomic mass is 16.5. The first-order chi connectivity index (χ1) is 26.5. The summed E-state index contributed by atoms with van der Waals surface area (Å²) in [7, 11) is 3.04. The van der Waals surface area contributed by atoms with Gasteiger partial charge in [-0.25, -0.2) is 9.59 Å². The van der Waals surface area contributed by atoms with Crippen molar-refractivity contribution in [2.75, 3.05) is 27.4 Å². The fourth-order valence-electron chi connectivity index (χ4n) is 6.37. The Kier molecular flexibility index (Phi) is 12.8. The second-order valence-corrected chi connectivity index (χ2v) is 12.7. The minimum Gasteiger partial charge on any atom is -0.493 e. The van der Waals surface area contributed by atoms with Crippen LogP contribution in [0, 0.1) is 0 Å². The van der Waals surface area contributed by atoms with E-state index in [0.29, 0.717) is 80.1 Å². The molecule has 6 aromatic rings. The number of aliphatic hydroxyl groups excluding tert-OH is 2. The second-order valence-electron chi connectivity index (χ2n) is 12.7. The first kappa shape index (κ1) is 37.9. The zero-order valence-corrected chi connectivity index (χ0v) is 30.5. The summed E-state index contributed by atoms with van der Waals surface area (Å²) in [6.07, 6.45) is 8.96. The summed E-state index contributed by atoms with van der Waals surface area (Å²) in [6.45, 7) is 0.0809. The summed E-state index contributed by atoms with van der Waals surface area (Å²) in [4.78, 5) is 26.8. The number of benzene rings is 4. The normalized spacial score (nSPS) is 11.4. The fraction of sp³-hybridized carbons (Fsp3) is 0.273. The zero-order valence-electron chi connectivity index (χ0n) is 30.5. The molecule has 54 heavy (non-hydrogen) atoms. The molecule has 2 heterocycles. The molecule has 0 fully saturated rings. The topological polar surface area (TPSA) is 138 Å². The number of rotatable bonds is 18. The predicted molar refractivity (Wildman–Crippen MR) is 206 cm³/mol. The molecule has 4 aromatic carbocycles. The zero-order chi connectivity index (χ0) is 37.9. The van der Waals surface area contributed by atoms with Crippen molar-refractivity contribution in [1.82, 2.24) is 0 Å². The number of ether oxygens (including phenoxy) is 4. The minimum atomic E-state index is -0.493. The van der Waals surface area contributed by atoms with Crippen molar-refractivity contribution in [3.63, 3.8) is 0 Å². The summed E-state index contributed by atoms with van der Waals surface area (Å²) < 4.78 is 34.7. The molecule has 280 valence electrons. The van der Waals surface area contributed by atoms with Gasteiger partial charge in [0.2, 0.25) is 0 Å². The largest absolute Gasteiger partial charge is 0.493 e. The van der Waals surface area contributed by atoms with E-state index in [4.69, 9.17) is 27.8 Å². The van der Waals surface area contributed by atoms with Gasteiger partial charge in [-0.05, 0) is 73.9 Å². The van der Waals surface area contributed by atoms with E-state index in [9.17, 15) is 19.8 Å². The van der Waals surface area contributed by atoms with Crippen LogP contribution < -0.4 is 9.47 Å². The molecule has 0 aliphatic heterocycles. The Labute approximate surface area is 313 Å². The molecule has 0 radical (unpaired) electrons. The Morgan fingerprint density at radius 3 is 1.37 bits per heavy atom. The van der Waals surface area contributed by atoms with Crippen LogP contribution in [0.1, 0.15) is 70.4 Å². The maximum atomic E-state index is 13.4. The molecule has 0 saturated carbocycles. The van der Waals surface area contributed by atoms with E-state index >= 15 is 0 Å². The van der Waals surface area contributed by atoms with Crippen LogP contribution in [0.2, 0.25) is 0 Å². The Hall–Kier alpha value is -5.84. The standard InChI is InChI=1S/C44H44O10/c1-49-35-25-29(27-45)23-33-37(39(53-41(33)35)31-17-11-9-12-18-31)43(47)51-21-15-7-5-3-4-6-8-16-22-52-44(48)38-34-24-30(28-46)26-36(50-2)42(34)54-40(38)32-19-13-10-14-20-32/h3-4,9-14,17-20,23-26,45-46H,5-8,15-16,21-22,27-28H2,1-2H3/b4-3+. The number of carbonyl (C=O) groups excluding carboxylic acids is 2. The molecule has 0 spiro atoms. The molecule has 10 heteroatoms. The van der Waals surface area contributed by atoms with Gasteiger partial charge in [-0.2, -0.15) is 0 Å². The highest BCUT2D eigenvalue weighted by Gasteiger charge is 2.27. The lowest BCUT2D eigenvalue weighted by Crippen LogP contribution is -2.07. The number of hydrogen-bond acceptors (Lipinski definition) is 10. The molecule has 0 aliphatic carbocycles. The first-order valence-electron chi connectivity index (χ1n) is 18.1. The summed E-state index contributed by atoms with van der Waals surface area (Å²) in [6, 6.07) is 25.6. The van der Waals surface area contributed by atoms with E-state index in [1.54, 1.807) is 24.3 Å². The Bertz CT molecular complexity index is 2060. The number of unbranched alkanes of at least 4 members (excludes halogenated alkanes) is 4. The van der Waals surface area contributed by atoms with E-state index in [1.807, 2.05) is 60.7 Å². The lowest BCUT2D eigenvalue weighted by Gasteiger charge is -2.07. The van der Waals surface area contributed by atoms with Crippen molar-refractivity contribution in [2.45, 2.75) is 51.7 Å². The molecular formula is C44H44O10. The van der Waals surface area contributed by atoms with Gasteiger partial charge in [0.25, 0.3) is 0 Å². The summed E-state index contributed by atoms with van der Waals surface area (Å²) in [5, 5.41) is 20.7. The number of esters is 2. The maximum Gasteiger partial charge on any atom is 0.342 e. The van der Waals surface area contributed by atoms with Gasteiger partial charge >= 0.3 is 11.9 Å². The van der Waals surface area contributed by atoms with Crippen molar-refractivity contribution in [3.05, 3.63) is 119 Å². The molecule has 6 rings (SSSR count). The maximum absolute atomic E-state index is 13.4. The van der Waals surface area contributed by atoms with Crippen LogP contribution in [0.25, 0.3) is 44.6 Å². The molecule has 0 atom stereocenters. The molecular weight excluding hydrogens is 688 g/mol. The van der Waals surface area contributed by atoms with Gasteiger partial charge in [-0.1, -0.05) is 72.8 Å². The number of hydrogen-bond donors (Lipinski definition) is 2. The van der Waals surface area contributed by atoms with Gasteiger partial charge in [0.1, 0.15) is 22.6 Å². The monoisotopic (exact) mass is 732 g/mol. The van der Waals surface area contributed by atoms with Gasteiger partial charge in [0.15, 0.2) is 22.7 Å². The van der Waals surface area contributed by atoms with Gasteiger partial charge in [-0.3, -0.25) is 0 Å². The van der Waals surface area contributed by atoms with Crippen molar-refractivity contribution in [1.29, 1.82) is 0 Å². The van der Waals surface area contributed by atoms with E-state index in [-0.39, 0.29) is 26.4 Å². The van der Waals surface area contributed by atoms with Crippen LogP contribution in [0.15, 0.2) is 106 Å². The Morgan fingerprint density at radius 2 is 1.00 bits per heavy atom. The predicted octanol–water partition coefficient (Wildman–Crippen LogP) is 9.43. The van der Waals surface area contributed by atoms with E-state index in [1.165, 1.54) is 14.2 Å². The van der Waals surface area contributed by atoms with Crippen LogP contribution in [0.5, 0.6) is 11.5 Å². The number of methoxy groups -OCH3 is 2. The number of allylic oxidation sites excluding steroid dienone is 2. The third-order valence-electron chi connectivity index (χ3n) is 9.08. The van der Waals surface area contributed by atoms with Gasteiger partial charge in [-0.15, -0.1) is 0 Å². The van der Waals surface area contributed by atoms with Crippen LogP contribution in [0.3, 0.4) is 0 Å². The van der Waals surface area contributed by atoms with Gasteiger partial charge < -0.3 is 38.0 Å². The molecule has 0 aliphatic rings. The first-order valence-corrected chi connectivity index (χ1v) is 18.1. The lowest BCUT2D eigenvalue weighted by atomic mass is 10.0. The Balaban J connectivity index is 0.965. The van der Waals surface area contributed by atoms with Crippen LogP contribution in [-0.2, 0) is 22.7 Å². The van der Waals surface area contributed by atoms with Crippen LogP contribution in [0.4, 0.5) is 0 Å². The molecule has 2 N–H and O–H groups in total. The molecule has 0 bridgehead atoms. The summed E-state index contributed by atoms with van der Waals surface area (Å²) >= 11 is 0. The summed E-state index contributed by atoms with van der Waals surface area (Å²) in [5.74, 6) is 0.665. The average Bonchev–Trinajstić information content (AvgIpc) is 3.80. The van der Waals surface area contributed by atoms with Crippen molar-refractivity contribution in [3.8, 4) is 34.1 Å². The second kappa shape index (κ2) is 18.3. The smallest absolute Gasteiger partial charge is 0.342 e. The van der Waals surface area contributed by atoms with Crippen molar-refractivity contribution >= 4 is 33.9 Å². The molecule has 0 amide bonds. The highest BCUT2D eigenvalue weighted by molar-refractivity contribution is 6.11. The van der Waals surface area contributed by atoms with Gasteiger partial charge in [0.05, 0.1) is 40.6 Å². The average molecular weight is 733 g/mol. The number of carbonyl (C=O) groups is 2. The molecule has 10 nitrogen and oxygen atoms in total. The minimum absolute atomic E-state index is 0.211. The van der Waals surface area contributed by atoms with Crippen molar-refractivity contribution < 1.29 is 47.6 Å². The highest BCUT2D eigenvalue weighted by Crippen LogP contribution is 2.41. The third kappa shape index (κ3) is 8.51. The van der Waals surface area contributed by atoms with Crippen LogP contribution in [-0.4, -0.2) is 49.6 Å². The lowest BCUT2D eigenvalue weighted by molar-refractivity contribution is 0.0491. The molecule has 2 aromatic heterocycles. The van der Waals surface area contributed by atoms with E-state index in [2.05, 4.69) is 12.2 Å². The Morgan fingerprint density at radius 1 is 0.593 bits per heavy atom. The fourth-order valence-corrected chi connectivity index (χ4v) is 6.37. The third-order valence-corrected chi connectivity index (χ3v) is 9.08. The van der Waals surface area contributed by atoms with Crippen molar-refractivity contribution in [2.24, 2.45) is 0 Å². The molecule has 0 unspecified atom stereocenters. The number of fused-ring (bicyclic) bond motifs is 2. The van der Waals surface area contributed by atoms with Gasteiger partial charge in [0, 0.05) is 21.9 Å². The summed E-state index contributed by atoms with van der Waals surface area (Å²) in [5.41, 5.74) is 4.12. The molecule has 0 saturated heterocycles. The quantitative estimate of drug-likeness (QED) is 0.0499. The van der Waals surface area contributed by atoms with Crippen LogP contribution >= 0.6 is 0 Å². The van der Waals surface area contributed by atoms with E-state index < -0.39 is 11.9 Å². The SMILES string of the molecule is COc1cc(CO)cc2c(C(=O)OCCCC/C=C/CCCCOC(=O)c3c(-c4ccccc4)oc4c(OC)cc(CO)cc34)c(-c3ccccc3)oc12.